The SMILES string of the molecule is CC1CN(CCC(=O)N2CCC(Oc3ccccc3F)CC2)Cc2ccccc2O1. The Bertz CT molecular complexity index is 867. The van der Waals surface area contributed by atoms with Crippen LogP contribution in [0.1, 0.15) is 31.7 Å². The van der Waals surface area contributed by atoms with Crippen molar-refractivity contribution in [2.24, 2.45) is 0 Å². The molecule has 1 fully saturated rings. The van der Waals surface area contributed by atoms with E-state index in [1.807, 2.05) is 23.1 Å². The summed E-state index contributed by atoms with van der Waals surface area (Å²) in [5.41, 5.74) is 1.17. The highest BCUT2D eigenvalue weighted by Crippen LogP contribution is 2.25. The van der Waals surface area contributed by atoms with Crippen molar-refractivity contribution in [3.8, 4) is 11.5 Å². The van der Waals surface area contributed by atoms with E-state index in [1.54, 1.807) is 18.2 Å². The van der Waals surface area contributed by atoms with Crippen LogP contribution < -0.4 is 9.47 Å². The topological polar surface area (TPSA) is 42.0 Å². The van der Waals surface area contributed by atoms with Gasteiger partial charge >= 0.3 is 0 Å². The van der Waals surface area contributed by atoms with Gasteiger partial charge < -0.3 is 14.4 Å². The zero-order valence-corrected chi connectivity index (χ0v) is 17.4. The molecule has 2 aromatic carbocycles. The molecule has 1 unspecified atom stereocenters. The third kappa shape index (κ3) is 5.11. The molecule has 4 rings (SSSR count). The van der Waals surface area contributed by atoms with Crippen LogP contribution in [0, 0.1) is 5.82 Å². The molecule has 6 heteroatoms. The van der Waals surface area contributed by atoms with E-state index in [4.69, 9.17) is 9.47 Å². The molecule has 1 atom stereocenters. The predicted molar refractivity (Wildman–Crippen MR) is 113 cm³/mol. The molecule has 0 N–H and O–H groups in total. The van der Waals surface area contributed by atoms with Crippen molar-refractivity contribution in [3.05, 3.63) is 59.9 Å². The second-order valence-corrected chi connectivity index (χ2v) is 8.15. The first-order valence-electron chi connectivity index (χ1n) is 10.7. The third-order valence-electron chi connectivity index (χ3n) is 5.78. The monoisotopic (exact) mass is 412 g/mol. The number of rotatable bonds is 5. The van der Waals surface area contributed by atoms with E-state index in [9.17, 15) is 9.18 Å². The molecular formula is C24H29FN2O3. The minimum atomic E-state index is -0.340. The van der Waals surface area contributed by atoms with E-state index in [1.165, 1.54) is 11.6 Å². The summed E-state index contributed by atoms with van der Waals surface area (Å²) in [6.45, 7) is 5.69. The van der Waals surface area contributed by atoms with Gasteiger partial charge in [-0.25, -0.2) is 4.39 Å². The minimum Gasteiger partial charge on any atom is -0.489 e. The number of carbonyl (C=O) groups is 1. The Balaban J connectivity index is 1.25. The second kappa shape index (κ2) is 9.47. The Hall–Kier alpha value is -2.60. The molecule has 0 radical (unpaired) electrons. The molecule has 0 saturated carbocycles. The molecule has 2 aromatic rings. The molecule has 30 heavy (non-hydrogen) atoms. The van der Waals surface area contributed by atoms with Crippen molar-refractivity contribution >= 4 is 5.91 Å². The molecule has 5 nitrogen and oxygen atoms in total. The maximum absolute atomic E-state index is 13.8. The van der Waals surface area contributed by atoms with Crippen molar-refractivity contribution in [2.45, 2.75) is 44.9 Å². The lowest BCUT2D eigenvalue weighted by atomic mass is 10.1. The number of hydrogen-bond donors (Lipinski definition) is 0. The maximum atomic E-state index is 13.8. The van der Waals surface area contributed by atoms with Crippen molar-refractivity contribution in [2.75, 3.05) is 26.2 Å². The number of para-hydroxylation sites is 2. The van der Waals surface area contributed by atoms with Gasteiger partial charge in [0.15, 0.2) is 11.6 Å². The van der Waals surface area contributed by atoms with Crippen molar-refractivity contribution < 1.29 is 18.7 Å². The van der Waals surface area contributed by atoms with Gasteiger partial charge in [-0.1, -0.05) is 30.3 Å². The number of halogens is 1. The number of piperidine rings is 1. The summed E-state index contributed by atoms with van der Waals surface area (Å²) >= 11 is 0. The fourth-order valence-electron chi connectivity index (χ4n) is 4.20. The van der Waals surface area contributed by atoms with Gasteiger partial charge in [-0.05, 0) is 25.1 Å². The number of hydrogen-bond acceptors (Lipinski definition) is 4. The number of nitrogens with zero attached hydrogens (tertiary/aromatic N) is 2. The van der Waals surface area contributed by atoms with Crippen LogP contribution in [0.3, 0.4) is 0 Å². The zero-order valence-electron chi connectivity index (χ0n) is 17.4. The van der Waals surface area contributed by atoms with E-state index in [0.717, 1.165) is 31.7 Å². The van der Waals surface area contributed by atoms with E-state index in [2.05, 4.69) is 17.9 Å². The van der Waals surface area contributed by atoms with Crippen LogP contribution in [0.25, 0.3) is 0 Å². The first kappa shape index (κ1) is 20.7. The lowest BCUT2D eigenvalue weighted by molar-refractivity contribution is -0.133. The number of carbonyl (C=O) groups excluding carboxylic acids is 1. The lowest BCUT2D eigenvalue weighted by Gasteiger charge is -2.33. The van der Waals surface area contributed by atoms with Gasteiger partial charge in [0.2, 0.25) is 5.91 Å². The van der Waals surface area contributed by atoms with Gasteiger partial charge in [0.25, 0.3) is 0 Å². The summed E-state index contributed by atoms with van der Waals surface area (Å²) in [4.78, 5) is 16.9. The Morgan fingerprint density at radius 3 is 2.67 bits per heavy atom. The Morgan fingerprint density at radius 1 is 1.13 bits per heavy atom. The van der Waals surface area contributed by atoms with Crippen molar-refractivity contribution in [3.63, 3.8) is 0 Å². The summed E-state index contributed by atoms with van der Waals surface area (Å²) in [6.07, 6.45) is 1.98. The zero-order chi connectivity index (χ0) is 20.9. The molecule has 2 heterocycles. The molecule has 1 saturated heterocycles. The number of fused-ring (bicyclic) bond motifs is 1. The molecule has 0 aromatic heterocycles. The Kier molecular flexibility index (Phi) is 6.53. The van der Waals surface area contributed by atoms with Crippen LogP contribution in [0.2, 0.25) is 0 Å². The minimum absolute atomic E-state index is 0.0499. The van der Waals surface area contributed by atoms with Gasteiger partial charge in [0.05, 0.1) is 0 Å². The van der Waals surface area contributed by atoms with Gasteiger partial charge in [0.1, 0.15) is 18.0 Å². The highest BCUT2D eigenvalue weighted by Gasteiger charge is 2.26. The van der Waals surface area contributed by atoms with Crippen molar-refractivity contribution in [1.29, 1.82) is 0 Å². The van der Waals surface area contributed by atoms with Gasteiger partial charge in [-0.15, -0.1) is 0 Å². The van der Waals surface area contributed by atoms with E-state index in [0.29, 0.717) is 31.8 Å². The normalized spacial score (nSPS) is 20.2. The average Bonchev–Trinajstić information content (AvgIpc) is 2.91. The largest absolute Gasteiger partial charge is 0.489 e. The third-order valence-corrected chi connectivity index (χ3v) is 5.78. The smallest absolute Gasteiger partial charge is 0.223 e. The second-order valence-electron chi connectivity index (χ2n) is 8.15. The van der Waals surface area contributed by atoms with E-state index in [-0.39, 0.29) is 23.9 Å². The number of amides is 1. The highest BCUT2D eigenvalue weighted by molar-refractivity contribution is 5.76. The predicted octanol–water partition coefficient (Wildman–Crippen LogP) is 3.87. The standard InChI is InChI=1S/C24H29FN2O3/c1-18-16-26(17-19-6-2-4-8-22(19)29-18)13-12-24(28)27-14-10-20(11-15-27)30-23-9-5-3-7-21(23)25/h2-9,18,20H,10-17H2,1H3. The van der Waals surface area contributed by atoms with Crippen LogP contribution in [0.5, 0.6) is 11.5 Å². The number of benzene rings is 2. The van der Waals surface area contributed by atoms with Gasteiger partial charge in [-0.2, -0.15) is 0 Å². The number of likely N-dealkylation sites (tertiary alicyclic amines) is 1. The van der Waals surface area contributed by atoms with Gasteiger partial charge in [-0.3, -0.25) is 9.69 Å². The molecule has 160 valence electrons. The lowest BCUT2D eigenvalue weighted by Crippen LogP contribution is -2.43. The first-order valence-corrected chi connectivity index (χ1v) is 10.7. The molecule has 0 aliphatic carbocycles. The Morgan fingerprint density at radius 2 is 1.87 bits per heavy atom. The Labute approximate surface area is 177 Å². The maximum Gasteiger partial charge on any atom is 0.223 e. The molecular weight excluding hydrogens is 383 g/mol. The van der Waals surface area contributed by atoms with E-state index < -0.39 is 0 Å². The fourth-order valence-corrected chi connectivity index (χ4v) is 4.20. The summed E-state index contributed by atoms with van der Waals surface area (Å²) in [5, 5.41) is 0. The van der Waals surface area contributed by atoms with Crippen LogP contribution in [-0.2, 0) is 11.3 Å². The molecule has 2 aliphatic heterocycles. The summed E-state index contributed by atoms with van der Waals surface area (Å²) in [5.74, 6) is 1.06. The summed E-state index contributed by atoms with van der Waals surface area (Å²) < 4.78 is 25.6. The fraction of sp³-hybridized carbons (Fsp3) is 0.458. The molecule has 0 bridgehead atoms. The molecule has 0 spiro atoms. The quantitative estimate of drug-likeness (QED) is 0.748. The number of ether oxygens (including phenoxy) is 2. The van der Waals surface area contributed by atoms with Crippen LogP contribution in [0.15, 0.2) is 48.5 Å². The summed E-state index contributed by atoms with van der Waals surface area (Å²) in [7, 11) is 0. The van der Waals surface area contributed by atoms with Crippen LogP contribution >= 0.6 is 0 Å². The highest BCUT2D eigenvalue weighted by atomic mass is 19.1. The molecule has 2 aliphatic rings. The van der Waals surface area contributed by atoms with Gasteiger partial charge in [0, 0.05) is 57.5 Å². The van der Waals surface area contributed by atoms with Crippen LogP contribution in [0.4, 0.5) is 4.39 Å². The average molecular weight is 413 g/mol. The first-order chi connectivity index (χ1) is 14.6. The van der Waals surface area contributed by atoms with Crippen molar-refractivity contribution in [1.82, 2.24) is 9.80 Å². The summed E-state index contributed by atoms with van der Waals surface area (Å²) in [6, 6.07) is 14.6. The van der Waals surface area contributed by atoms with Crippen LogP contribution in [-0.4, -0.2) is 54.1 Å². The molecule has 1 amide bonds. The van der Waals surface area contributed by atoms with E-state index >= 15 is 0 Å².